The van der Waals surface area contributed by atoms with Crippen molar-refractivity contribution in [2.75, 3.05) is 14.2 Å². The zero-order chi connectivity index (χ0) is 17.7. The lowest BCUT2D eigenvalue weighted by Gasteiger charge is -2.21. The third-order valence-corrected chi connectivity index (χ3v) is 3.82. The summed E-state index contributed by atoms with van der Waals surface area (Å²) in [6.07, 6.45) is 0. The molecule has 2 atom stereocenters. The average Bonchev–Trinajstić information content (AvgIpc) is 2.59. The third-order valence-electron chi connectivity index (χ3n) is 3.82. The summed E-state index contributed by atoms with van der Waals surface area (Å²) in [6.45, 7) is 0. The normalized spacial score (nSPS) is 12.9. The Morgan fingerprint density at radius 1 is 0.708 bits per heavy atom. The number of ether oxygens (including phenoxy) is 2. The lowest BCUT2D eigenvalue weighted by Crippen LogP contribution is -2.26. The summed E-state index contributed by atoms with van der Waals surface area (Å²) in [6, 6.07) is 12.7. The third kappa shape index (κ3) is 3.65. The van der Waals surface area contributed by atoms with E-state index in [1.165, 1.54) is 14.2 Å². The first-order valence-electron chi connectivity index (χ1n) is 7.21. The minimum Gasteiger partial charge on any atom is -0.497 e. The summed E-state index contributed by atoms with van der Waals surface area (Å²) in [5.74, 6) is -3.71. The monoisotopic (exact) mass is 330 g/mol. The van der Waals surface area contributed by atoms with Crippen LogP contribution in [0.4, 0.5) is 0 Å². The van der Waals surface area contributed by atoms with Gasteiger partial charge in [-0.2, -0.15) is 0 Å². The second kappa shape index (κ2) is 7.50. The van der Waals surface area contributed by atoms with Crippen molar-refractivity contribution in [3.8, 4) is 11.5 Å². The fourth-order valence-corrected chi connectivity index (χ4v) is 2.58. The molecule has 0 saturated carbocycles. The second-order valence-corrected chi connectivity index (χ2v) is 5.18. The number of hydrogen-bond acceptors (Lipinski definition) is 4. The molecule has 126 valence electrons. The zero-order valence-electron chi connectivity index (χ0n) is 13.3. The van der Waals surface area contributed by atoms with Crippen LogP contribution in [0.3, 0.4) is 0 Å². The van der Waals surface area contributed by atoms with Gasteiger partial charge in [0.25, 0.3) is 0 Å². The van der Waals surface area contributed by atoms with E-state index >= 15 is 0 Å². The fourth-order valence-electron chi connectivity index (χ4n) is 2.58. The molecule has 0 radical (unpaired) electrons. The molecule has 0 heterocycles. The highest BCUT2D eigenvalue weighted by atomic mass is 16.5. The highest BCUT2D eigenvalue weighted by Crippen LogP contribution is 2.35. The summed E-state index contributed by atoms with van der Waals surface area (Å²) in [4.78, 5) is 23.6. The van der Waals surface area contributed by atoms with Gasteiger partial charge < -0.3 is 19.7 Å². The summed E-state index contributed by atoms with van der Waals surface area (Å²) in [5.41, 5.74) is 0.790. The van der Waals surface area contributed by atoms with Crippen LogP contribution in [0.2, 0.25) is 0 Å². The fraction of sp³-hybridized carbons (Fsp3) is 0.222. The predicted octanol–water partition coefficient (Wildman–Crippen LogP) is 2.74. The number of aliphatic carboxylic acids is 2. The molecule has 2 aromatic rings. The van der Waals surface area contributed by atoms with E-state index in [2.05, 4.69) is 0 Å². The van der Waals surface area contributed by atoms with Crippen molar-refractivity contribution in [2.24, 2.45) is 0 Å². The molecule has 6 nitrogen and oxygen atoms in total. The number of carboxylic acids is 2. The highest BCUT2D eigenvalue weighted by Gasteiger charge is 2.36. The molecule has 2 aromatic carbocycles. The average molecular weight is 330 g/mol. The molecule has 0 spiro atoms. The van der Waals surface area contributed by atoms with Gasteiger partial charge in [-0.1, -0.05) is 24.3 Å². The predicted molar refractivity (Wildman–Crippen MR) is 86.7 cm³/mol. The summed E-state index contributed by atoms with van der Waals surface area (Å²) in [5, 5.41) is 19.2. The largest absolute Gasteiger partial charge is 0.497 e. The van der Waals surface area contributed by atoms with E-state index in [0.717, 1.165) is 0 Å². The summed E-state index contributed by atoms with van der Waals surface area (Å²) < 4.78 is 10.1. The Kier molecular flexibility index (Phi) is 5.42. The highest BCUT2D eigenvalue weighted by molar-refractivity contribution is 5.88. The Morgan fingerprint density at radius 2 is 1.00 bits per heavy atom. The van der Waals surface area contributed by atoms with Crippen LogP contribution in [0.25, 0.3) is 0 Å². The van der Waals surface area contributed by atoms with Crippen molar-refractivity contribution in [1.82, 2.24) is 0 Å². The SMILES string of the molecule is COc1ccc([C@H](C(=O)O)[C@@H](C(=O)O)c2ccc(OC)cc2)cc1. The Labute approximate surface area is 139 Å². The first-order chi connectivity index (χ1) is 11.5. The molecule has 0 fully saturated rings. The van der Waals surface area contributed by atoms with Crippen LogP contribution >= 0.6 is 0 Å². The van der Waals surface area contributed by atoms with E-state index in [-0.39, 0.29) is 0 Å². The number of methoxy groups -OCH3 is 2. The molecule has 6 heteroatoms. The lowest BCUT2D eigenvalue weighted by atomic mass is 9.81. The van der Waals surface area contributed by atoms with Crippen LogP contribution in [0.1, 0.15) is 23.0 Å². The molecule has 0 aliphatic carbocycles. The summed E-state index contributed by atoms with van der Waals surface area (Å²) in [7, 11) is 3.00. The van der Waals surface area contributed by atoms with Gasteiger partial charge in [0.1, 0.15) is 11.5 Å². The molecule has 0 aliphatic heterocycles. The van der Waals surface area contributed by atoms with Crippen molar-refractivity contribution in [1.29, 1.82) is 0 Å². The van der Waals surface area contributed by atoms with Crippen LogP contribution < -0.4 is 9.47 Å². The standard InChI is InChI=1S/C18H18O6/c1-23-13-7-3-11(4-8-13)15(17(19)20)16(18(21)22)12-5-9-14(24-2)10-6-12/h3-10,15-16H,1-2H3,(H,19,20)(H,21,22)/t15-,16-/m0/s1. The molecule has 0 aromatic heterocycles. The number of hydrogen-bond donors (Lipinski definition) is 2. The molecular formula is C18H18O6. The first kappa shape index (κ1) is 17.3. The van der Waals surface area contributed by atoms with Crippen LogP contribution in [-0.2, 0) is 9.59 Å². The van der Waals surface area contributed by atoms with Gasteiger partial charge in [-0.25, -0.2) is 0 Å². The topological polar surface area (TPSA) is 93.1 Å². The minimum absolute atomic E-state index is 0.395. The molecule has 0 bridgehead atoms. The van der Waals surface area contributed by atoms with Gasteiger partial charge in [-0.3, -0.25) is 9.59 Å². The Hall–Kier alpha value is -3.02. The van der Waals surface area contributed by atoms with Gasteiger partial charge in [0.15, 0.2) is 0 Å². The lowest BCUT2D eigenvalue weighted by molar-refractivity contribution is -0.147. The molecule has 0 saturated heterocycles. The molecule has 0 unspecified atom stereocenters. The molecule has 0 aliphatic rings. The summed E-state index contributed by atoms with van der Waals surface area (Å²) >= 11 is 0. The van der Waals surface area contributed by atoms with Crippen molar-refractivity contribution >= 4 is 11.9 Å². The molecule has 2 rings (SSSR count). The first-order valence-corrected chi connectivity index (χ1v) is 7.21. The Bertz CT molecular complexity index is 642. The van der Waals surface area contributed by atoms with Crippen molar-refractivity contribution in [3.05, 3.63) is 59.7 Å². The van der Waals surface area contributed by atoms with Gasteiger partial charge in [0, 0.05) is 0 Å². The van der Waals surface area contributed by atoms with Crippen molar-refractivity contribution < 1.29 is 29.3 Å². The molecule has 2 N–H and O–H groups in total. The Balaban J connectivity index is 2.46. The van der Waals surface area contributed by atoms with Gasteiger partial charge in [0.2, 0.25) is 0 Å². The van der Waals surface area contributed by atoms with E-state index in [1.807, 2.05) is 0 Å². The molecular weight excluding hydrogens is 312 g/mol. The second-order valence-electron chi connectivity index (χ2n) is 5.18. The van der Waals surface area contributed by atoms with Crippen LogP contribution in [0.15, 0.2) is 48.5 Å². The number of carboxylic acid groups (broad SMARTS) is 2. The van der Waals surface area contributed by atoms with Crippen molar-refractivity contribution in [2.45, 2.75) is 11.8 Å². The van der Waals surface area contributed by atoms with Gasteiger partial charge in [-0.15, -0.1) is 0 Å². The Morgan fingerprint density at radius 3 is 1.21 bits per heavy atom. The van der Waals surface area contributed by atoms with Crippen LogP contribution in [-0.4, -0.2) is 36.4 Å². The van der Waals surface area contributed by atoms with Gasteiger partial charge in [0.05, 0.1) is 26.1 Å². The maximum absolute atomic E-state index is 11.8. The van der Waals surface area contributed by atoms with Crippen LogP contribution in [0.5, 0.6) is 11.5 Å². The van der Waals surface area contributed by atoms with E-state index in [4.69, 9.17) is 9.47 Å². The van der Waals surface area contributed by atoms with Crippen molar-refractivity contribution in [3.63, 3.8) is 0 Å². The van der Waals surface area contributed by atoms with E-state index < -0.39 is 23.8 Å². The zero-order valence-corrected chi connectivity index (χ0v) is 13.3. The minimum atomic E-state index is -1.22. The number of rotatable bonds is 7. The van der Waals surface area contributed by atoms with Gasteiger partial charge in [-0.05, 0) is 35.4 Å². The van der Waals surface area contributed by atoms with Crippen LogP contribution in [0, 0.1) is 0 Å². The maximum Gasteiger partial charge on any atom is 0.312 e. The number of carbonyl (C=O) groups is 2. The maximum atomic E-state index is 11.8. The van der Waals surface area contributed by atoms with E-state index in [1.54, 1.807) is 48.5 Å². The van der Waals surface area contributed by atoms with E-state index in [9.17, 15) is 19.8 Å². The smallest absolute Gasteiger partial charge is 0.312 e. The number of benzene rings is 2. The van der Waals surface area contributed by atoms with E-state index in [0.29, 0.717) is 22.6 Å². The van der Waals surface area contributed by atoms with Gasteiger partial charge >= 0.3 is 11.9 Å². The molecule has 0 amide bonds. The quantitative estimate of drug-likeness (QED) is 0.811. The molecule has 24 heavy (non-hydrogen) atoms.